The zero-order valence-corrected chi connectivity index (χ0v) is 16.5. The number of hydrogen-bond donors (Lipinski definition) is 2. The molecule has 0 radical (unpaired) electrons. The molecule has 9 heteroatoms. The fourth-order valence-electron chi connectivity index (χ4n) is 2.57. The van der Waals surface area contributed by atoms with Crippen LogP contribution >= 0.6 is 23.2 Å². The van der Waals surface area contributed by atoms with E-state index in [2.05, 4.69) is 20.6 Å². The van der Waals surface area contributed by atoms with Crippen molar-refractivity contribution >= 4 is 40.5 Å². The molecule has 0 amide bonds. The van der Waals surface area contributed by atoms with Crippen molar-refractivity contribution in [1.29, 1.82) is 0 Å². The molecule has 0 unspecified atom stereocenters. The second-order valence-electron chi connectivity index (χ2n) is 6.05. The molecule has 28 heavy (non-hydrogen) atoms. The van der Waals surface area contributed by atoms with Crippen molar-refractivity contribution in [3.05, 3.63) is 74.4 Å². The highest BCUT2D eigenvalue weighted by Gasteiger charge is 2.08. The van der Waals surface area contributed by atoms with E-state index in [4.69, 9.17) is 23.2 Å². The van der Waals surface area contributed by atoms with Crippen LogP contribution in [0.3, 0.4) is 0 Å². The van der Waals surface area contributed by atoms with Crippen LogP contribution in [0.15, 0.2) is 48.7 Å². The summed E-state index contributed by atoms with van der Waals surface area (Å²) < 4.78 is 0. The van der Waals surface area contributed by atoms with Gasteiger partial charge in [-0.1, -0.05) is 23.2 Å². The zero-order chi connectivity index (χ0) is 20.1. The van der Waals surface area contributed by atoms with Crippen LogP contribution in [0, 0.1) is 17.0 Å². The molecule has 3 rings (SSSR count). The molecule has 0 spiro atoms. The van der Waals surface area contributed by atoms with E-state index >= 15 is 0 Å². The second-order valence-corrected chi connectivity index (χ2v) is 6.90. The van der Waals surface area contributed by atoms with Gasteiger partial charge in [0.15, 0.2) is 0 Å². The lowest BCUT2D eigenvalue weighted by atomic mass is 10.1. The number of benzene rings is 1. The van der Waals surface area contributed by atoms with Crippen molar-refractivity contribution in [2.24, 2.45) is 0 Å². The second kappa shape index (κ2) is 8.86. The SMILES string of the molecule is Cc1cc(NCCNc2ccc([N+](=O)[O-])cn2)nc(-c2ccc(Cl)cc2Cl)c1. The smallest absolute Gasteiger partial charge is 0.287 e. The van der Waals surface area contributed by atoms with Crippen molar-refractivity contribution in [2.75, 3.05) is 23.7 Å². The van der Waals surface area contributed by atoms with Crippen LogP contribution < -0.4 is 10.6 Å². The third kappa shape index (κ3) is 5.09. The molecule has 1 aromatic carbocycles. The minimum Gasteiger partial charge on any atom is -0.368 e. The van der Waals surface area contributed by atoms with Crippen LogP contribution in [0.4, 0.5) is 17.3 Å². The summed E-state index contributed by atoms with van der Waals surface area (Å²) in [6, 6.07) is 12.2. The lowest BCUT2D eigenvalue weighted by molar-refractivity contribution is -0.385. The van der Waals surface area contributed by atoms with Gasteiger partial charge in [-0.3, -0.25) is 10.1 Å². The quantitative estimate of drug-likeness (QED) is 0.312. The molecule has 0 aliphatic rings. The molecule has 2 N–H and O–H groups in total. The Morgan fingerprint density at radius 1 is 1.04 bits per heavy atom. The maximum Gasteiger partial charge on any atom is 0.287 e. The van der Waals surface area contributed by atoms with Gasteiger partial charge in [-0.15, -0.1) is 0 Å². The minimum absolute atomic E-state index is 0.0407. The van der Waals surface area contributed by atoms with Crippen LogP contribution in [0.5, 0.6) is 0 Å². The fourth-order valence-corrected chi connectivity index (χ4v) is 3.08. The van der Waals surface area contributed by atoms with Gasteiger partial charge in [-0.05, 0) is 48.9 Å². The van der Waals surface area contributed by atoms with Crippen molar-refractivity contribution in [1.82, 2.24) is 9.97 Å². The molecule has 7 nitrogen and oxygen atoms in total. The van der Waals surface area contributed by atoms with E-state index in [0.717, 1.165) is 22.6 Å². The molecule has 144 valence electrons. The predicted molar refractivity (Wildman–Crippen MR) is 112 cm³/mol. The maximum absolute atomic E-state index is 10.6. The van der Waals surface area contributed by atoms with Gasteiger partial charge >= 0.3 is 0 Å². The number of aryl methyl sites for hydroxylation is 1. The van der Waals surface area contributed by atoms with E-state index in [1.165, 1.54) is 12.3 Å². The number of pyridine rings is 2. The summed E-state index contributed by atoms with van der Waals surface area (Å²) in [5, 5.41) is 18.1. The van der Waals surface area contributed by atoms with E-state index in [9.17, 15) is 10.1 Å². The minimum atomic E-state index is -0.480. The molecule has 0 bridgehead atoms. The molecule has 0 saturated carbocycles. The maximum atomic E-state index is 10.6. The van der Waals surface area contributed by atoms with Crippen LogP contribution in [0.1, 0.15) is 5.56 Å². The highest BCUT2D eigenvalue weighted by molar-refractivity contribution is 6.36. The first-order chi connectivity index (χ1) is 13.4. The molecule has 0 aliphatic heterocycles. The third-order valence-electron chi connectivity index (χ3n) is 3.87. The van der Waals surface area contributed by atoms with E-state index in [1.807, 2.05) is 25.1 Å². The van der Waals surface area contributed by atoms with E-state index in [1.54, 1.807) is 18.2 Å². The Kier molecular flexibility index (Phi) is 6.28. The lowest BCUT2D eigenvalue weighted by Crippen LogP contribution is -2.15. The van der Waals surface area contributed by atoms with Crippen LogP contribution in [-0.2, 0) is 0 Å². The normalized spacial score (nSPS) is 10.5. The Hall–Kier alpha value is -2.90. The number of nitrogens with one attached hydrogen (secondary N) is 2. The van der Waals surface area contributed by atoms with E-state index in [-0.39, 0.29) is 5.69 Å². The number of nitro groups is 1. The monoisotopic (exact) mass is 417 g/mol. The number of aromatic nitrogens is 2. The number of anilines is 2. The molecule has 2 aromatic heterocycles. The largest absolute Gasteiger partial charge is 0.368 e. The van der Waals surface area contributed by atoms with Gasteiger partial charge in [-0.2, -0.15) is 0 Å². The van der Waals surface area contributed by atoms with Crippen LogP contribution in [-0.4, -0.2) is 28.0 Å². The Balaban J connectivity index is 1.61. The molecule has 3 aromatic rings. The Bertz CT molecular complexity index is 996. The van der Waals surface area contributed by atoms with Gasteiger partial charge in [-0.25, -0.2) is 9.97 Å². The van der Waals surface area contributed by atoms with E-state index in [0.29, 0.717) is 29.0 Å². The number of hydrogen-bond acceptors (Lipinski definition) is 6. The third-order valence-corrected chi connectivity index (χ3v) is 4.42. The topological polar surface area (TPSA) is 93.0 Å². The highest BCUT2D eigenvalue weighted by atomic mass is 35.5. The van der Waals surface area contributed by atoms with Gasteiger partial charge in [0, 0.05) is 29.7 Å². The average molecular weight is 418 g/mol. The van der Waals surface area contributed by atoms with Crippen molar-refractivity contribution in [3.63, 3.8) is 0 Å². The lowest BCUT2D eigenvalue weighted by Gasteiger charge is -2.11. The number of nitrogens with zero attached hydrogens (tertiary/aromatic N) is 3. The van der Waals surface area contributed by atoms with Crippen molar-refractivity contribution < 1.29 is 4.92 Å². The summed E-state index contributed by atoms with van der Waals surface area (Å²) in [6.45, 7) is 3.14. The first-order valence-corrected chi connectivity index (χ1v) is 9.20. The molecule has 0 atom stereocenters. The Morgan fingerprint density at radius 3 is 2.43 bits per heavy atom. The summed E-state index contributed by atoms with van der Waals surface area (Å²) >= 11 is 12.3. The Labute approximate surface area is 171 Å². The summed E-state index contributed by atoms with van der Waals surface area (Å²) in [6.07, 6.45) is 1.22. The Morgan fingerprint density at radius 2 is 1.79 bits per heavy atom. The molecular formula is C19H17Cl2N5O2. The van der Waals surface area contributed by atoms with Gasteiger partial charge in [0.1, 0.15) is 17.8 Å². The van der Waals surface area contributed by atoms with Gasteiger partial charge in [0.25, 0.3) is 5.69 Å². The van der Waals surface area contributed by atoms with Crippen molar-refractivity contribution in [3.8, 4) is 11.3 Å². The summed E-state index contributed by atoms with van der Waals surface area (Å²) in [5.41, 5.74) is 2.57. The summed E-state index contributed by atoms with van der Waals surface area (Å²) in [5.74, 6) is 1.29. The van der Waals surface area contributed by atoms with Crippen LogP contribution in [0.2, 0.25) is 10.0 Å². The molecule has 2 heterocycles. The fraction of sp³-hybridized carbons (Fsp3) is 0.158. The molecule has 0 aliphatic carbocycles. The molecule has 0 fully saturated rings. The number of rotatable bonds is 7. The summed E-state index contributed by atoms with van der Waals surface area (Å²) in [7, 11) is 0. The predicted octanol–water partition coefficient (Wildman–Crippen LogP) is 5.19. The zero-order valence-electron chi connectivity index (χ0n) is 14.9. The standard InChI is InChI=1S/C19H17Cl2N5O2/c1-12-8-17(15-4-2-13(20)10-16(15)21)25-19(9-12)23-7-6-22-18-5-3-14(11-24-18)26(27)28/h2-5,8-11H,6-7H2,1H3,(H,22,24)(H,23,25). The molecular weight excluding hydrogens is 401 g/mol. The van der Waals surface area contributed by atoms with Gasteiger partial charge in [0.05, 0.1) is 15.6 Å². The van der Waals surface area contributed by atoms with Crippen LogP contribution in [0.25, 0.3) is 11.3 Å². The van der Waals surface area contributed by atoms with Crippen molar-refractivity contribution in [2.45, 2.75) is 6.92 Å². The first-order valence-electron chi connectivity index (χ1n) is 8.44. The number of halogens is 2. The first kappa shape index (κ1) is 19.9. The summed E-state index contributed by atoms with van der Waals surface area (Å²) in [4.78, 5) is 18.8. The van der Waals surface area contributed by atoms with Gasteiger partial charge < -0.3 is 10.6 Å². The van der Waals surface area contributed by atoms with E-state index < -0.39 is 4.92 Å². The average Bonchev–Trinajstić information content (AvgIpc) is 2.65. The van der Waals surface area contributed by atoms with Gasteiger partial charge in [0.2, 0.25) is 0 Å². The molecule has 0 saturated heterocycles. The highest BCUT2D eigenvalue weighted by Crippen LogP contribution is 2.30.